The Labute approximate surface area is 407 Å². The number of hydrogen-bond acceptors (Lipinski definition) is 12. The predicted molar refractivity (Wildman–Crippen MR) is 267 cm³/mol. The first-order valence-electron chi connectivity index (χ1n) is 22.6. The highest BCUT2D eigenvalue weighted by Crippen LogP contribution is 2.38. The Bertz CT molecular complexity index is 2870. The van der Waals surface area contributed by atoms with E-state index in [0.717, 1.165) is 45.4 Å². The quantitative estimate of drug-likeness (QED) is 0.0421. The molecule has 1 heterocycles. The highest BCUT2D eigenvalue weighted by molar-refractivity contribution is 7.91. The Morgan fingerprint density at radius 3 is 1.68 bits per heavy atom. The molecule has 6 aromatic carbocycles. The Morgan fingerprint density at radius 2 is 1.16 bits per heavy atom. The van der Waals surface area contributed by atoms with Gasteiger partial charge in [-0.05, 0) is 80.1 Å². The lowest BCUT2D eigenvalue weighted by Crippen LogP contribution is -2.45. The molecule has 0 spiro atoms. The van der Waals surface area contributed by atoms with Crippen LogP contribution in [-0.2, 0) is 28.9 Å². The van der Waals surface area contributed by atoms with Crippen molar-refractivity contribution in [2.75, 3.05) is 25.6 Å². The predicted octanol–water partition coefficient (Wildman–Crippen LogP) is 10.7. The average molecular weight is 969 g/mol. The van der Waals surface area contributed by atoms with E-state index < -0.39 is 56.9 Å². The fourth-order valence-corrected chi connectivity index (χ4v) is 9.84. The van der Waals surface area contributed by atoms with Crippen LogP contribution in [0.3, 0.4) is 0 Å². The third-order valence-electron chi connectivity index (χ3n) is 11.5. The lowest BCUT2D eigenvalue weighted by Gasteiger charge is -2.33. The maximum absolute atomic E-state index is 13.6. The average Bonchev–Trinajstić information content (AvgIpc) is 3.35. The first-order chi connectivity index (χ1) is 33.0. The van der Waals surface area contributed by atoms with E-state index in [-0.39, 0.29) is 35.4 Å². The maximum atomic E-state index is 13.6. The molecular formula is C55H54ClN3O9S. The Morgan fingerprint density at radius 1 is 0.652 bits per heavy atom. The number of alkyl halides is 1. The molecule has 14 heteroatoms. The number of phenols is 1. The Balaban J connectivity index is 1.04. The molecule has 7 aromatic rings. The summed E-state index contributed by atoms with van der Waals surface area (Å²) < 4.78 is 43.8. The fourth-order valence-electron chi connectivity index (χ4n) is 7.71. The van der Waals surface area contributed by atoms with Gasteiger partial charge in [-0.2, -0.15) is 0 Å². The minimum atomic E-state index is -4.03. The van der Waals surface area contributed by atoms with Crippen LogP contribution < -0.4 is 4.74 Å². The second kappa shape index (κ2) is 22.0. The van der Waals surface area contributed by atoms with Crippen LogP contribution in [0.4, 0.5) is 0 Å². The summed E-state index contributed by atoms with van der Waals surface area (Å²) in [6, 6.07) is 46.6. The number of esters is 2. The van der Waals surface area contributed by atoms with Crippen LogP contribution in [0.1, 0.15) is 45.6 Å². The van der Waals surface area contributed by atoms with Gasteiger partial charge in [0.15, 0.2) is 27.3 Å². The number of aromatic nitrogens is 3. The van der Waals surface area contributed by atoms with Crippen molar-refractivity contribution >= 4 is 33.4 Å². The van der Waals surface area contributed by atoms with E-state index in [1.54, 1.807) is 24.3 Å². The molecule has 1 aromatic heterocycles. The van der Waals surface area contributed by atoms with Gasteiger partial charge in [-0.15, -0.1) is 11.6 Å². The molecule has 0 aliphatic rings. The van der Waals surface area contributed by atoms with Gasteiger partial charge in [0.2, 0.25) is 0 Å². The molecule has 69 heavy (non-hydrogen) atoms. The SMILES string of the molecule is CCCCOC(=O)C(C)(CC(C)(Cl)C(=O)OCC(O)COc1ccc(-c2nc(-c3ccc(-c4ccccc4)cc3)nc(-c3ccc(-c4ccccc4)cc3)n2)c(O)c1)CS(=O)(=O)c1ccc(C)cc1. The zero-order chi connectivity index (χ0) is 49.2. The summed E-state index contributed by atoms with van der Waals surface area (Å²) in [6.45, 7) is 5.65. The topological polar surface area (TPSA) is 175 Å². The first kappa shape index (κ1) is 50.0. The number of aromatic hydroxyl groups is 1. The molecule has 3 atom stereocenters. The van der Waals surface area contributed by atoms with E-state index >= 15 is 0 Å². The summed E-state index contributed by atoms with van der Waals surface area (Å²) in [7, 11) is -4.03. The number of phenolic OH excluding ortho intramolecular Hbond substituents is 1. The van der Waals surface area contributed by atoms with Gasteiger partial charge in [0.05, 0.1) is 28.2 Å². The standard InChI is InChI=1S/C55H54ClN3O9S/c1-5-6-31-66-52(62)54(3,36-69(64,65)46-28-17-37(2)18-29-46)35-55(4,56)53(63)68-34-44(60)33-67-45-27-30-47(48(61)32-45)51-58-49(42-23-19-40(20-24-42)38-13-9-7-10-14-38)57-50(59-51)43-25-21-41(22-26-43)39-15-11-8-12-16-39/h7-30,32,44,60-61H,5-6,31,33-36H2,1-4H3. The number of hydrogen-bond donors (Lipinski definition) is 2. The van der Waals surface area contributed by atoms with E-state index in [1.165, 1.54) is 32.0 Å². The van der Waals surface area contributed by atoms with Crippen LogP contribution in [-0.4, -0.2) is 82.1 Å². The number of unbranched alkanes of at least 4 members (excludes halogenated alkanes) is 1. The minimum absolute atomic E-state index is 0.0154. The number of rotatable bonds is 20. The number of benzene rings is 6. The summed E-state index contributed by atoms with van der Waals surface area (Å²) in [5, 5.41) is 22.2. The highest BCUT2D eigenvalue weighted by atomic mass is 35.5. The molecule has 3 unspecified atom stereocenters. The second-order valence-corrected chi connectivity index (χ2v) is 20.3. The van der Waals surface area contributed by atoms with Gasteiger partial charge in [0.1, 0.15) is 35.7 Å². The summed E-state index contributed by atoms with van der Waals surface area (Å²) >= 11 is 6.73. The number of sulfone groups is 1. The van der Waals surface area contributed by atoms with Crippen LogP contribution >= 0.6 is 11.6 Å². The molecule has 0 saturated carbocycles. The Hall–Kier alpha value is -6.93. The number of carbonyl (C=O) groups excluding carboxylic acids is 2. The molecule has 0 aliphatic heterocycles. The molecule has 0 saturated heterocycles. The third-order valence-corrected chi connectivity index (χ3v) is 13.8. The van der Waals surface area contributed by atoms with Crippen LogP contribution in [0.5, 0.6) is 11.5 Å². The Kier molecular flexibility index (Phi) is 15.9. The normalized spacial score (nSPS) is 13.7. The van der Waals surface area contributed by atoms with Crippen molar-refractivity contribution in [2.24, 2.45) is 5.41 Å². The van der Waals surface area contributed by atoms with Gasteiger partial charge in [-0.25, -0.2) is 23.4 Å². The number of aryl methyl sites for hydroxylation is 1. The molecule has 0 bridgehead atoms. The number of halogens is 1. The highest BCUT2D eigenvalue weighted by Gasteiger charge is 2.48. The van der Waals surface area contributed by atoms with Crippen molar-refractivity contribution < 1.29 is 42.4 Å². The zero-order valence-corrected chi connectivity index (χ0v) is 40.4. The van der Waals surface area contributed by atoms with Crippen molar-refractivity contribution in [2.45, 2.75) is 62.8 Å². The van der Waals surface area contributed by atoms with Crippen molar-refractivity contribution in [3.8, 4) is 67.9 Å². The molecule has 0 amide bonds. The van der Waals surface area contributed by atoms with Crippen molar-refractivity contribution in [1.29, 1.82) is 0 Å². The van der Waals surface area contributed by atoms with Crippen molar-refractivity contribution in [1.82, 2.24) is 15.0 Å². The van der Waals surface area contributed by atoms with Gasteiger partial charge in [0.25, 0.3) is 0 Å². The van der Waals surface area contributed by atoms with Gasteiger partial charge >= 0.3 is 11.9 Å². The summed E-state index contributed by atoms with van der Waals surface area (Å²) in [6.07, 6.45) is -0.482. The van der Waals surface area contributed by atoms with Crippen molar-refractivity contribution in [3.63, 3.8) is 0 Å². The second-order valence-electron chi connectivity index (χ2n) is 17.4. The van der Waals surface area contributed by atoms with Crippen LogP contribution in [0, 0.1) is 12.3 Å². The molecule has 0 aliphatic carbocycles. The van der Waals surface area contributed by atoms with E-state index in [1.807, 2.05) is 123 Å². The molecule has 7 rings (SSSR count). The van der Waals surface area contributed by atoms with Gasteiger partial charge < -0.3 is 24.4 Å². The molecule has 12 nitrogen and oxygen atoms in total. The number of aliphatic hydroxyl groups excluding tert-OH is 1. The van der Waals surface area contributed by atoms with E-state index in [0.29, 0.717) is 23.6 Å². The first-order valence-corrected chi connectivity index (χ1v) is 24.6. The van der Waals surface area contributed by atoms with Crippen LogP contribution in [0.25, 0.3) is 56.4 Å². The van der Waals surface area contributed by atoms with E-state index in [4.69, 9.17) is 40.8 Å². The lowest BCUT2D eigenvalue weighted by molar-refractivity contribution is -0.157. The number of ether oxygens (including phenoxy) is 3. The lowest BCUT2D eigenvalue weighted by atomic mass is 9.82. The molecular weight excluding hydrogens is 914 g/mol. The minimum Gasteiger partial charge on any atom is -0.507 e. The molecule has 0 fully saturated rings. The fraction of sp³-hybridized carbons (Fsp3) is 0.255. The monoisotopic (exact) mass is 967 g/mol. The van der Waals surface area contributed by atoms with Crippen LogP contribution in [0.15, 0.2) is 157 Å². The van der Waals surface area contributed by atoms with Gasteiger partial charge in [-0.1, -0.05) is 140 Å². The number of aliphatic hydroxyl groups is 1. The summed E-state index contributed by atoms with van der Waals surface area (Å²) in [5.41, 5.74) is 5.12. The summed E-state index contributed by atoms with van der Waals surface area (Å²) in [4.78, 5) is 39.5. The summed E-state index contributed by atoms with van der Waals surface area (Å²) in [5.74, 6) is -1.46. The maximum Gasteiger partial charge on any atom is 0.327 e. The molecule has 0 radical (unpaired) electrons. The zero-order valence-electron chi connectivity index (χ0n) is 38.8. The van der Waals surface area contributed by atoms with Crippen molar-refractivity contribution in [3.05, 3.63) is 157 Å². The number of carbonyl (C=O) groups is 2. The van der Waals surface area contributed by atoms with E-state index in [2.05, 4.69) is 0 Å². The van der Waals surface area contributed by atoms with Crippen LogP contribution in [0.2, 0.25) is 0 Å². The van der Waals surface area contributed by atoms with Gasteiger partial charge in [-0.3, -0.25) is 9.59 Å². The van der Waals surface area contributed by atoms with E-state index in [9.17, 15) is 28.2 Å². The molecule has 356 valence electrons. The smallest absolute Gasteiger partial charge is 0.327 e. The number of nitrogens with zero attached hydrogens (tertiary/aromatic N) is 3. The molecule has 2 N–H and O–H groups in total. The largest absolute Gasteiger partial charge is 0.507 e. The third kappa shape index (κ3) is 12.8. The van der Waals surface area contributed by atoms with Gasteiger partial charge in [0, 0.05) is 17.2 Å².